The predicted octanol–water partition coefficient (Wildman–Crippen LogP) is 3.44. The van der Waals surface area contributed by atoms with Gasteiger partial charge < -0.3 is 0 Å². The van der Waals surface area contributed by atoms with Gasteiger partial charge in [0.2, 0.25) is 5.69 Å². The number of rotatable bonds is 2. The van der Waals surface area contributed by atoms with Gasteiger partial charge in [-0.05, 0) is 17.2 Å². The van der Waals surface area contributed by atoms with Crippen molar-refractivity contribution in [1.29, 1.82) is 0 Å². The zero-order valence-electron chi connectivity index (χ0n) is 13.3. The van der Waals surface area contributed by atoms with Gasteiger partial charge in [-0.25, -0.2) is 4.79 Å². The highest BCUT2D eigenvalue weighted by Gasteiger charge is 2.34. The average molecular weight is 314 g/mol. The van der Waals surface area contributed by atoms with Crippen molar-refractivity contribution in [2.24, 2.45) is 0 Å². The lowest BCUT2D eigenvalue weighted by Gasteiger charge is -2.05. The smallest absolute Gasteiger partial charge is 0.282 e. The van der Waals surface area contributed by atoms with Crippen LogP contribution in [0.2, 0.25) is 0 Å². The Kier molecular flexibility index (Phi) is 3.35. The zero-order valence-corrected chi connectivity index (χ0v) is 13.3. The molecule has 1 aliphatic rings. The monoisotopic (exact) mass is 314 g/mol. The number of hydrogen-bond acceptors (Lipinski definition) is 2. The fraction of sp³-hybridized carbons (Fsp3) is 0.0952. The fourth-order valence-electron chi connectivity index (χ4n) is 3.41. The van der Waals surface area contributed by atoms with Crippen LogP contribution in [0.4, 0.5) is 0 Å². The Morgan fingerprint density at radius 3 is 2.29 bits per heavy atom. The third-order valence-electron chi connectivity index (χ3n) is 4.48. The summed E-state index contributed by atoms with van der Waals surface area (Å²) in [5, 5.41) is 0. The maximum absolute atomic E-state index is 12.9. The van der Waals surface area contributed by atoms with Crippen LogP contribution >= 0.6 is 0 Å². The molecule has 0 amide bonds. The zero-order chi connectivity index (χ0) is 16.7. The van der Waals surface area contributed by atoms with E-state index < -0.39 is 0 Å². The van der Waals surface area contributed by atoms with Gasteiger partial charge in [-0.3, -0.25) is 4.79 Å². The van der Waals surface area contributed by atoms with Gasteiger partial charge in [0, 0.05) is 11.6 Å². The standard InChI is InChI=1S/C21H16NO2/c1-14(23)22-19(21(24)15-7-3-2-4-8-15)12-11-18-17-10-6-5-9-16(17)13-20(18)22/h2-12H,13H2,1H3/q+1. The average Bonchev–Trinajstić information content (AvgIpc) is 2.99. The molecule has 0 aliphatic heterocycles. The van der Waals surface area contributed by atoms with E-state index in [0.29, 0.717) is 17.7 Å². The second-order valence-electron chi connectivity index (χ2n) is 5.96. The molecule has 0 N–H and O–H groups in total. The first kappa shape index (κ1) is 14.5. The molecule has 0 saturated heterocycles. The lowest BCUT2D eigenvalue weighted by atomic mass is 10.0. The van der Waals surface area contributed by atoms with Gasteiger partial charge in [-0.2, -0.15) is 0 Å². The van der Waals surface area contributed by atoms with Gasteiger partial charge in [-0.15, -0.1) is 4.57 Å². The molecule has 0 atom stereocenters. The van der Waals surface area contributed by atoms with Gasteiger partial charge in [0.25, 0.3) is 11.5 Å². The molecule has 1 aliphatic carbocycles. The van der Waals surface area contributed by atoms with Crippen LogP contribution < -0.4 is 4.57 Å². The van der Waals surface area contributed by atoms with E-state index in [1.54, 1.807) is 22.8 Å². The van der Waals surface area contributed by atoms with Gasteiger partial charge in [0.15, 0.2) is 0 Å². The van der Waals surface area contributed by atoms with Crippen molar-refractivity contribution in [3.8, 4) is 11.1 Å². The van der Waals surface area contributed by atoms with Gasteiger partial charge in [0.05, 0.1) is 18.9 Å². The minimum absolute atomic E-state index is 0.135. The van der Waals surface area contributed by atoms with Crippen molar-refractivity contribution in [3.63, 3.8) is 0 Å². The molecule has 4 rings (SSSR count). The molecule has 0 saturated carbocycles. The second-order valence-corrected chi connectivity index (χ2v) is 5.96. The predicted molar refractivity (Wildman–Crippen MR) is 91.1 cm³/mol. The van der Waals surface area contributed by atoms with E-state index in [1.807, 2.05) is 36.4 Å². The molecule has 24 heavy (non-hydrogen) atoms. The minimum Gasteiger partial charge on any atom is -0.282 e. The normalized spacial score (nSPS) is 11.7. The summed E-state index contributed by atoms with van der Waals surface area (Å²) in [5.74, 6) is -0.275. The number of pyridine rings is 1. The first-order chi connectivity index (χ1) is 11.7. The summed E-state index contributed by atoms with van der Waals surface area (Å²) in [4.78, 5) is 25.2. The summed E-state index contributed by atoms with van der Waals surface area (Å²) in [6.45, 7) is 1.50. The number of carbonyl (C=O) groups is 2. The Labute approximate surface area is 140 Å². The SMILES string of the molecule is CC(=O)[n+]1c(C(=O)c2ccccc2)ccc2c1Cc1ccccc1-2. The van der Waals surface area contributed by atoms with E-state index in [0.717, 1.165) is 16.8 Å². The summed E-state index contributed by atoms with van der Waals surface area (Å²) in [6, 6.07) is 20.9. The molecule has 3 nitrogen and oxygen atoms in total. The summed E-state index contributed by atoms with van der Waals surface area (Å²) in [5.41, 5.74) is 5.26. The molecule has 0 fully saturated rings. The third kappa shape index (κ3) is 2.17. The molecule has 3 aromatic rings. The van der Waals surface area contributed by atoms with Crippen molar-refractivity contribution >= 4 is 11.7 Å². The van der Waals surface area contributed by atoms with Crippen molar-refractivity contribution in [3.05, 3.63) is 89.2 Å². The quantitative estimate of drug-likeness (QED) is 0.420. The van der Waals surface area contributed by atoms with Crippen molar-refractivity contribution in [2.75, 3.05) is 0 Å². The van der Waals surface area contributed by atoms with Crippen LogP contribution in [-0.4, -0.2) is 11.7 Å². The number of fused-ring (bicyclic) bond motifs is 3. The summed E-state index contributed by atoms with van der Waals surface area (Å²) in [6.07, 6.45) is 0.668. The van der Waals surface area contributed by atoms with Crippen molar-refractivity contribution in [2.45, 2.75) is 13.3 Å². The molecule has 3 heteroatoms. The van der Waals surface area contributed by atoms with Gasteiger partial charge >= 0.3 is 5.91 Å². The van der Waals surface area contributed by atoms with Crippen molar-refractivity contribution in [1.82, 2.24) is 0 Å². The maximum atomic E-state index is 12.9. The van der Waals surface area contributed by atoms with E-state index in [4.69, 9.17) is 0 Å². The summed E-state index contributed by atoms with van der Waals surface area (Å²) in [7, 11) is 0. The fourth-order valence-corrected chi connectivity index (χ4v) is 3.41. The van der Waals surface area contributed by atoms with Crippen LogP contribution in [0.5, 0.6) is 0 Å². The minimum atomic E-state index is -0.140. The van der Waals surface area contributed by atoms with Gasteiger partial charge in [-0.1, -0.05) is 54.6 Å². The summed E-state index contributed by atoms with van der Waals surface area (Å²) < 4.78 is 1.57. The van der Waals surface area contributed by atoms with E-state index >= 15 is 0 Å². The number of aromatic nitrogens is 1. The molecule has 116 valence electrons. The molecule has 1 heterocycles. The Morgan fingerprint density at radius 1 is 0.833 bits per heavy atom. The highest BCUT2D eigenvalue weighted by molar-refractivity contribution is 6.07. The van der Waals surface area contributed by atoms with E-state index in [2.05, 4.69) is 12.1 Å². The van der Waals surface area contributed by atoms with Gasteiger partial charge in [0.1, 0.15) is 0 Å². The molecule has 0 bridgehead atoms. The first-order valence-electron chi connectivity index (χ1n) is 7.93. The Morgan fingerprint density at radius 2 is 1.54 bits per heavy atom. The largest absolute Gasteiger partial charge is 0.389 e. The lowest BCUT2D eigenvalue weighted by molar-refractivity contribution is -0.582. The van der Waals surface area contributed by atoms with Crippen molar-refractivity contribution < 1.29 is 14.2 Å². The number of carbonyl (C=O) groups excluding carboxylic acids is 2. The number of hydrogen-bond donors (Lipinski definition) is 0. The second kappa shape index (κ2) is 5.53. The summed E-state index contributed by atoms with van der Waals surface area (Å²) >= 11 is 0. The molecule has 0 spiro atoms. The van der Waals surface area contributed by atoms with Crippen LogP contribution in [0.25, 0.3) is 11.1 Å². The first-order valence-corrected chi connectivity index (χ1v) is 7.93. The Bertz CT molecular complexity index is 974. The molecular formula is C21H16NO2+. The van der Waals surface area contributed by atoms with Crippen LogP contribution in [0.3, 0.4) is 0 Å². The molecule has 0 radical (unpaired) electrons. The van der Waals surface area contributed by atoms with Crippen LogP contribution in [0.15, 0.2) is 66.7 Å². The third-order valence-corrected chi connectivity index (χ3v) is 4.48. The van der Waals surface area contributed by atoms with Crippen LogP contribution in [0.1, 0.15) is 39.0 Å². The number of ketones is 1. The maximum Gasteiger partial charge on any atom is 0.389 e. The van der Waals surface area contributed by atoms with Crippen LogP contribution in [-0.2, 0) is 6.42 Å². The Hall–Kier alpha value is -3.07. The molecule has 2 aromatic carbocycles. The number of benzene rings is 2. The lowest BCUT2D eigenvalue weighted by Crippen LogP contribution is -2.49. The highest BCUT2D eigenvalue weighted by atomic mass is 16.2. The van der Waals surface area contributed by atoms with E-state index in [-0.39, 0.29) is 11.7 Å². The number of nitrogens with zero attached hydrogens (tertiary/aromatic N) is 1. The highest BCUT2D eigenvalue weighted by Crippen LogP contribution is 2.34. The Balaban J connectivity index is 1.91. The molecule has 1 aromatic heterocycles. The van der Waals surface area contributed by atoms with E-state index in [9.17, 15) is 9.59 Å². The molecule has 0 unspecified atom stereocenters. The van der Waals surface area contributed by atoms with E-state index in [1.165, 1.54) is 12.5 Å². The topological polar surface area (TPSA) is 38.0 Å². The van der Waals surface area contributed by atoms with Crippen LogP contribution in [0, 0.1) is 0 Å². The molecular weight excluding hydrogens is 298 g/mol.